The Morgan fingerprint density at radius 2 is 2.19 bits per heavy atom. The number of carbonyl (C=O) groups excluding carboxylic acids is 2. The zero-order valence-corrected chi connectivity index (χ0v) is 19.1. The van der Waals surface area contributed by atoms with Gasteiger partial charge in [0.1, 0.15) is 10.1 Å². The van der Waals surface area contributed by atoms with Crippen LogP contribution in [0.15, 0.2) is 58.2 Å². The van der Waals surface area contributed by atoms with Gasteiger partial charge in [-0.15, -0.1) is 11.3 Å². The predicted octanol–water partition coefficient (Wildman–Crippen LogP) is 4.87. The van der Waals surface area contributed by atoms with Crippen molar-refractivity contribution in [2.24, 2.45) is 0 Å². The normalized spacial score (nSPS) is 15.1. The number of carbonyl (C=O) groups is 2. The number of furan rings is 1. The fourth-order valence-electron chi connectivity index (χ4n) is 3.06. The number of benzene rings is 1. The van der Waals surface area contributed by atoms with Gasteiger partial charge in [-0.25, -0.2) is 4.98 Å². The molecular formula is C22H19N3O3S3. The number of amides is 2. The van der Waals surface area contributed by atoms with E-state index in [0.29, 0.717) is 20.1 Å². The number of rotatable bonds is 7. The third kappa shape index (κ3) is 5.49. The Labute approximate surface area is 193 Å². The van der Waals surface area contributed by atoms with Crippen LogP contribution in [0.2, 0.25) is 0 Å². The molecule has 3 heterocycles. The van der Waals surface area contributed by atoms with Gasteiger partial charge in [0, 0.05) is 36.5 Å². The Morgan fingerprint density at radius 3 is 2.97 bits per heavy atom. The number of aryl methyl sites for hydroxylation is 1. The minimum atomic E-state index is -0.214. The molecule has 0 spiro atoms. The molecule has 3 aromatic rings. The van der Waals surface area contributed by atoms with Gasteiger partial charge < -0.3 is 9.73 Å². The first kappa shape index (κ1) is 21.5. The quantitative estimate of drug-likeness (QED) is 0.393. The van der Waals surface area contributed by atoms with Crippen LogP contribution in [0, 0.1) is 6.92 Å². The number of hydrogen-bond acceptors (Lipinski definition) is 7. The Hall–Kier alpha value is -2.75. The average Bonchev–Trinajstić information content (AvgIpc) is 3.44. The van der Waals surface area contributed by atoms with Gasteiger partial charge in [-0.2, -0.15) is 0 Å². The van der Waals surface area contributed by atoms with Gasteiger partial charge in [-0.05, 0) is 24.6 Å². The summed E-state index contributed by atoms with van der Waals surface area (Å²) in [4.78, 5) is 32.2. The highest BCUT2D eigenvalue weighted by atomic mass is 32.2. The molecule has 0 radical (unpaired) electrons. The standard InChI is InChI=1S/C22H19N3O3S3/c1-14-4-2-5-15(10-14)11-17-13-23-21(30-17)24-19(26)7-8-25-20(27)18(31-22(25)29)12-16-6-3-9-28-16/h2-6,9-10,12-13H,7-8,11H2,1H3,(H,23,24,26). The number of aromatic nitrogens is 1. The summed E-state index contributed by atoms with van der Waals surface area (Å²) in [6.45, 7) is 2.28. The van der Waals surface area contributed by atoms with Crippen LogP contribution in [0.3, 0.4) is 0 Å². The maximum Gasteiger partial charge on any atom is 0.266 e. The summed E-state index contributed by atoms with van der Waals surface area (Å²) in [7, 11) is 0. The molecule has 31 heavy (non-hydrogen) atoms. The van der Waals surface area contributed by atoms with E-state index < -0.39 is 0 Å². The summed E-state index contributed by atoms with van der Waals surface area (Å²) in [6.07, 6.45) is 5.89. The summed E-state index contributed by atoms with van der Waals surface area (Å²) in [5, 5.41) is 3.36. The largest absolute Gasteiger partial charge is 0.465 e. The molecule has 0 bridgehead atoms. The van der Waals surface area contributed by atoms with Crippen LogP contribution in [0.1, 0.15) is 28.2 Å². The summed E-state index contributed by atoms with van der Waals surface area (Å²) >= 11 is 7.96. The molecule has 1 fully saturated rings. The number of thioether (sulfide) groups is 1. The molecule has 0 saturated carbocycles. The van der Waals surface area contributed by atoms with Crippen LogP contribution in [-0.2, 0) is 16.0 Å². The van der Waals surface area contributed by atoms with Crippen molar-refractivity contribution in [3.63, 3.8) is 0 Å². The lowest BCUT2D eigenvalue weighted by Crippen LogP contribution is -2.31. The molecule has 9 heteroatoms. The van der Waals surface area contributed by atoms with Crippen molar-refractivity contribution >= 4 is 62.7 Å². The molecular weight excluding hydrogens is 450 g/mol. The number of anilines is 1. The molecule has 0 aliphatic carbocycles. The number of nitrogens with one attached hydrogen (secondary N) is 1. The van der Waals surface area contributed by atoms with E-state index >= 15 is 0 Å². The number of thiazole rings is 1. The second-order valence-electron chi connectivity index (χ2n) is 6.94. The van der Waals surface area contributed by atoms with E-state index in [0.717, 1.165) is 11.3 Å². The molecule has 1 aliphatic rings. The first-order valence-corrected chi connectivity index (χ1v) is 11.6. The molecule has 1 aromatic carbocycles. The average molecular weight is 470 g/mol. The van der Waals surface area contributed by atoms with Crippen molar-refractivity contribution in [1.29, 1.82) is 0 Å². The predicted molar refractivity (Wildman–Crippen MR) is 128 cm³/mol. The third-order valence-electron chi connectivity index (χ3n) is 4.51. The van der Waals surface area contributed by atoms with Crippen molar-refractivity contribution in [1.82, 2.24) is 9.88 Å². The molecule has 2 amide bonds. The second-order valence-corrected chi connectivity index (χ2v) is 9.74. The first-order chi connectivity index (χ1) is 15.0. The lowest BCUT2D eigenvalue weighted by atomic mass is 10.1. The summed E-state index contributed by atoms with van der Waals surface area (Å²) in [5.74, 6) is 0.165. The van der Waals surface area contributed by atoms with Crippen LogP contribution < -0.4 is 5.32 Å². The lowest BCUT2D eigenvalue weighted by Gasteiger charge is -2.13. The summed E-state index contributed by atoms with van der Waals surface area (Å²) in [5.41, 5.74) is 2.42. The molecule has 2 aromatic heterocycles. The molecule has 1 aliphatic heterocycles. The Morgan fingerprint density at radius 1 is 1.32 bits per heavy atom. The smallest absolute Gasteiger partial charge is 0.266 e. The Bertz CT molecular complexity index is 1150. The zero-order chi connectivity index (χ0) is 21.8. The molecule has 0 unspecified atom stereocenters. The molecule has 1 N–H and O–H groups in total. The van der Waals surface area contributed by atoms with Gasteiger partial charge in [0.25, 0.3) is 5.91 Å². The second kappa shape index (κ2) is 9.59. The third-order valence-corrected chi connectivity index (χ3v) is 6.80. The lowest BCUT2D eigenvalue weighted by molar-refractivity contribution is -0.122. The maximum absolute atomic E-state index is 12.6. The van der Waals surface area contributed by atoms with Crippen molar-refractivity contribution < 1.29 is 14.0 Å². The minimum absolute atomic E-state index is 0.132. The van der Waals surface area contributed by atoms with Gasteiger partial charge in [-0.1, -0.05) is 53.8 Å². The fraction of sp³-hybridized carbons (Fsp3) is 0.182. The van der Waals surface area contributed by atoms with E-state index in [4.69, 9.17) is 16.6 Å². The molecule has 6 nitrogen and oxygen atoms in total. The van der Waals surface area contributed by atoms with E-state index in [1.54, 1.807) is 30.7 Å². The van der Waals surface area contributed by atoms with Gasteiger partial charge >= 0.3 is 0 Å². The molecule has 4 rings (SSSR count). The zero-order valence-electron chi connectivity index (χ0n) is 16.7. The SMILES string of the molecule is Cc1cccc(Cc2cnc(NC(=O)CCN3C(=O)C(=Cc4ccco4)SC3=S)s2)c1. The topological polar surface area (TPSA) is 75.4 Å². The highest BCUT2D eigenvalue weighted by molar-refractivity contribution is 8.26. The van der Waals surface area contributed by atoms with Crippen molar-refractivity contribution in [2.45, 2.75) is 19.8 Å². The van der Waals surface area contributed by atoms with E-state index in [-0.39, 0.29) is 24.8 Å². The first-order valence-electron chi connectivity index (χ1n) is 9.57. The van der Waals surface area contributed by atoms with Crippen molar-refractivity contribution in [2.75, 3.05) is 11.9 Å². The van der Waals surface area contributed by atoms with E-state index in [2.05, 4.69) is 35.4 Å². The van der Waals surface area contributed by atoms with Crippen molar-refractivity contribution in [3.8, 4) is 0 Å². The van der Waals surface area contributed by atoms with Gasteiger partial charge in [-0.3, -0.25) is 14.5 Å². The number of hydrogen-bond donors (Lipinski definition) is 1. The number of thiocarbonyl (C=S) groups is 1. The Kier molecular flexibility index (Phi) is 6.64. The summed E-state index contributed by atoms with van der Waals surface area (Å²) in [6, 6.07) is 11.8. The van der Waals surface area contributed by atoms with Crippen LogP contribution in [0.4, 0.5) is 5.13 Å². The highest BCUT2D eigenvalue weighted by Crippen LogP contribution is 2.32. The maximum atomic E-state index is 12.6. The van der Waals surface area contributed by atoms with E-state index in [9.17, 15) is 9.59 Å². The molecule has 158 valence electrons. The summed E-state index contributed by atoms with van der Waals surface area (Å²) < 4.78 is 5.69. The number of nitrogens with zero attached hydrogens (tertiary/aromatic N) is 2. The molecule has 1 saturated heterocycles. The van der Waals surface area contributed by atoms with Crippen LogP contribution >= 0.6 is 35.3 Å². The van der Waals surface area contributed by atoms with Crippen molar-refractivity contribution in [3.05, 3.63) is 75.5 Å². The van der Waals surface area contributed by atoms with Crippen LogP contribution in [-0.4, -0.2) is 32.6 Å². The van der Waals surface area contributed by atoms with Crippen LogP contribution in [0.25, 0.3) is 6.08 Å². The van der Waals surface area contributed by atoms with E-state index in [1.807, 2.05) is 6.07 Å². The monoisotopic (exact) mass is 469 g/mol. The van der Waals surface area contributed by atoms with Crippen LogP contribution in [0.5, 0.6) is 0 Å². The van der Waals surface area contributed by atoms with E-state index in [1.165, 1.54) is 39.1 Å². The molecule has 0 atom stereocenters. The van der Waals surface area contributed by atoms with Gasteiger partial charge in [0.05, 0.1) is 11.2 Å². The minimum Gasteiger partial charge on any atom is -0.465 e. The fourth-order valence-corrected chi connectivity index (χ4v) is 5.21. The van der Waals surface area contributed by atoms with Gasteiger partial charge in [0.2, 0.25) is 5.91 Å². The Balaban J connectivity index is 1.30. The highest BCUT2D eigenvalue weighted by Gasteiger charge is 2.32. The van der Waals surface area contributed by atoms with Gasteiger partial charge in [0.15, 0.2) is 5.13 Å².